The smallest absolute Gasteiger partial charge is 0.251 e. The maximum absolute atomic E-state index is 12.7. The van der Waals surface area contributed by atoms with E-state index >= 15 is 0 Å². The van der Waals surface area contributed by atoms with Crippen LogP contribution in [0.3, 0.4) is 0 Å². The van der Waals surface area contributed by atoms with E-state index in [0.717, 1.165) is 18.4 Å². The van der Waals surface area contributed by atoms with Crippen molar-refractivity contribution >= 4 is 11.8 Å². The van der Waals surface area contributed by atoms with Crippen LogP contribution in [0.5, 0.6) is 5.75 Å². The molecule has 0 aromatic heterocycles. The first-order valence-electron chi connectivity index (χ1n) is 9.78. The third kappa shape index (κ3) is 5.12. The first-order chi connectivity index (χ1) is 13.5. The summed E-state index contributed by atoms with van der Waals surface area (Å²) in [5, 5.41) is 2.74. The van der Waals surface area contributed by atoms with E-state index in [0.29, 0.717) is 23.8 Å². The van der Waals surface area contributed by atoms with E-state index < -0.39 is 0 Å². The number of amides is 2. The highest BCUT2D eigenvalue weighted by molar-refractivity contribution is 5.96. The number of benzene rings is 2. The molecule has 0 bridgehead atoms. The molecule has 2 aromatic carbocycles. The number of rotatable bonds is 8. The lowest BCUT2D eigenvalue weighted by atomic mass is 10.0. The second kappa shape index (κ2) is 8.91. The van der Waals surface area contributed by atoms with Crippen LogP contribution in [0.4, 0.5) is 0 Å². The van der Waals surface area contributed by atoms with Crippen molar-refractivity contribution in [2.75, 3.05) is 13.7 Å². The lowest BCUT2D eigenvalue weighted by Gasteiger charge is -2.23. The third-order valence-electron chi connectivity index (χ3n) is 5.04. The fourth-order valence-corrected chi connectivity index (χ4v) is 3.14. The van der Waals surface area contributed by atoms with Gasteiger partial charge in [0, 0.05) is 18.2 Å². The van der Waals surface area contributed by atoms with Gasteiger partial charge in [0.25, 0.3) is 5.91 Å². The molecule has 0 aliphatic heterocycles. The summed E-state index contributed by atoms with van der Waals surface area (Å²) >= 11 is 0. The molecule has 148 valence electrons. The van der Waals surface area contributed by atoms with Crippen molar-refractivity contribution in [2.24, 2.45) is 0 Å². The Labute approximate surface area is 166 Å². The van der Waals surface area contributed by atoms with Gasteiger partial charge in [-0.1, -0.05) is 44.2 Å². The van der Waals surface area contributed by atoms with Crippen LogP contribution in [-0.4, -0.2) is 36.4 Å². The van der Waals surface area contributed by atoms with Gasteiger partial charge in [-0.15, -0.1) is 0 Å². The van der Waals surface area contributed by atoms with Crippen molar-refractivity contribution in [3.8, 4) is 5.75 Å². The number of carbonyl (C=O) groups excluding carboxylic acids is 2. The summed E-state index contributed by atoms with van der Waals surface area (Å²) in [7, 11) is 1.56. The van der Waals surface area contributed by atoms with Crippen LogP contribution in [-0.2, 0) is 11.3 Å². The van der Waals surface area contributed by atoms with Crippen molar-refractivity contribution in [3.63, 3.8) is 0 Å². The third-order valence-corrected chi connectivity index (χ3v) is 5.04. The Morgan fingerprint density at radius 2 is 1.86 bits per heavy atom. The highest BCUT2D eigenvalue weighted by Gasteiger charge is 2.32. The van der Waals surface area contributed by atoms with Crippen molar-refractivity contribution < 1.29 is 14.3 Å². The van der Waals surface area contributed by atoms with Crippen LogP contribution in [0.1, 0.15) is 54.1 Å². The quantitative estimate of drug-likeness (QED) is 0.759. The van der Waals surface area contributed by atoms with Gasteiger partial charge in [0.1, 0.15) is 5.75 Å². The Bertz CT molecular complexity index is 826. The molecule has 0 saturated heterocycles. The molecule has 5 heteroatoms. The van der Waals surface area contributed by atoms with Crippen LogP contribution in [0.25, 0.3) is 0 Å². The molecule has 1 N–H and O–H groups in total. The minimum absolute atomic E-state index is 0.00335. The van der Waals surface area contributed by atoms with E-state index in [2.05, 4.69) is 43.4 Å². The number of hydrogen-bond acceptors (Lipinski definition) is 3. The average molecular weight is 380 g/mol. The van der Waals surface area contributed by atoms with Gasteiger partial charge in [-0.25, -0.2) is 0 Å². The van der Waals surface area contributed by atoms with Gasteiger partial charge in [-0.3, -0.25) is 9.59 Å². The van der Waals surface area contributed by atoms with Crippen molar-refractivity contribution in [1.82, 2.24) is 10.2 Å². The van der Waals surface area contributed by atoms with Crippen LogP contribution in [0, 0.1) is 0 Å². The Morgan fingerprint density at radius 3 is 2.46 bits per heavy atom. The lowest BCUT2D eigenvalue weighted by Crippen LogP contribution is -2.41. The van der Waals surface area contributed by atoms with E-state index in [1.54, 1.807) is 31.4 Å². The number of nitrogens with one attached hydrogen (secondary N) is 1. The van der Waals surface area contributed by atoms with E-state index in [4.69, 9.17) is 4.74 Å². The van der Waals surface area contributed by atoms with Gasteiger partial charge in [0.15, 0.2) is 0 Å². The summed E-state index contributed by atoms with van der Waals surface area (Å²) in [6.07, 6.45) is 2.05. The molecule has 2 aromatic rings. The van der Waals surface area contributed by atoms with Gasteiger partial charge in [0.2, 0.25) is 5.91 Å². The molecule has 0 unspecified atom stereocenters. The fourth-order valence-electron chi connectivity index (χ4n) is 3.14. The van der Waals surface area contributed by atoms with E-state index in [9.17, 15) is 9.59 Å². The molecule has 1 aliphatic rings. The first-order valence-corrected chi connectivity index (χ1v) is 9.78. The second-order valence-corrected chi connectivity index (χ2v) is 7.56. The molecule has 0 spiro atoms. The summed E-state index contributed by atoms with van der Waals surface area (Å²) in [4.78, 5) is 27.0. The second-order valence-electron chi connectivity index (χ2n) is 7.56. The summed E-state index contributed by atoms with van der Waals surface area (Å²) in [5.41, 5.74) is 2.89. The van der Waals surface area contributed by atoms with Gasteiger partial charge < -0.3 is 15.0 Å². The van der Waals surface area contributed by atoms with Crippen LogP contribution >= 0.6 is 0 Å². The van der Waals surface area contributed by atoms with Gasteiger partial charge >= 0.3 is 0 Å². The Hall–Kier alpha value is -2.82. The molecular weight excluding hydrogens is 352 g/mol. The Morgan fingerprint density at radius 1 is 1.14 bits per heavy atom. The first kappa shape index (κ1) is 19.9. The fraction of sp³-hybridized carbons (Fsp3) is 0.391. The maximum Gasteiger partial charge on any atom is 0.251 e. The normalized spacial score (nSPS) is 13.3. The molecule has 0 atom stereocenters. The summed E-state index contributed by atoms with van der Waals surface area (Å²) in [6, 6.07) is 15.6. The predicted octanol–water partition coefficient (Wildman–Crippen LogP) is 3.74. The van der Waals surface area contributed by atoms with E-state index in [1.165, 1.54) is 5.56 Å². The number of ether oxygens (including phenoxy) is 1. The van der Waals surface area contributed by atoms with Crippen molar-refractivity contribution in [3.05, 3.63) is 65.2 Å². The number of carbonyl (C=O) groups is 2. The average Bonchev–Trinajstić information content (AvgIpc) is 3.55. The largest absolute Gasteiger partial charge is 0.497 e. The zero-order valence-corrected chi connectivity index (χ0v) is 16.8. The predicted molar refractivity (Wildman–Crippen MR) is 109 cm³/mol. The van der Waals surface area contributed by atoms with E-state index in [-0.39, 0.29) is 24.4 Å². The van der Waals surface area contributed by atoms with E-state index in [1.807, 2.05) is 4.90 Å². The van der Waals surface area contributed by atoms with Crippen molar-refractivity contribution in [2.45, 2.75) is 45.2 Å². The molecule has 5 nitrogen and oxygen atoms in total. The Kier molecular flexibility index (Phi) is 6.34. The summed E-state index contributed by atoms with van der Waals surface area (Å²) < 4.78 is 5.14. The number of nitrogens with zero attached hydrogens (tertiary/aromatic N) is 1. The SMILES string of the molecule is COc1cccc(C(=O)NCC(=O)N(Cc2ccc(C(C)C)cc2)C2CC2)c1. The molecule has 1 saturated carbocycles. The number of hydrogen-bond donors (Lipinski definition) is 1. The van der Waals surface area contributed by atoms with Crippen molar-refractivity contribution in [1.29, 1.82) is 0 Å². The monoisotopic (exact) mass is 380 g/mol. The highest BCUT2D eigenvalue weighted by Crippen LogP contribution is 2.28. The minimum Gasteiger partial charge on any atom is -0.497 e. The van der Waals surface area contributed by atoms with Crippen LogP contribution in [0.15, 0.2) is 48.5 Å². The standard InChI is InChI=1S/C23H28N2O3/c1-16(2)18-9-7-17(8-10-18)15-25(20-11-12-20)22(26)14-24-23(27)19-5-4-6-21(13-19)28-3/h4-10,13,16,20H,11-12,14-15H2,1-3H3,(H,24,27). The van der Waals surface area contributed by atoms with Crippen LogP contribution in [0.2, 0.25) is 0 Å². The molecule has 0 radical (unpaired) electrons. The lowest BCUT2D eigenvalue weighted by molar-refractivity contribution is -0.131. The van der Waals surface area contributed by atoms with Gasteiger partial charge in [-0.2, -0.15) is 0 Å². The molecule has 3 rings (SSSR count). The molecular formula is C23H28N2O3. The van der Waals surface area contributed by atoms with Crippen LogP contribution < -0.4 is 10.1 Å². The zero-order valence-electron chi connectivity index (χ0n) is 16.8. The van der Waals surface area contributed by atoms with Gasteiger partial charge in [-0.05, 0) is 48.1 Å². The Balaban J connectivity index is 1.59. The summed E-state index contributed by atoms with van der Waals surface area (Å²) in [5.74, 6) is 0.779. The molecule has 1 aliphatic carbocycles. The summed E-state index contributed by atoms with van der Waals surface area (Å²) in [6.45, 7) is 4.91. The highest BCUT2D eigenvalue weighted by atomic mass is 16.5. The minimum atomic E-state index is -0.274. The molecule has 2 amide bonds. The molecule has 1 fully saturated rings. The maximum atomic E-state index is 12.7. The topological polar surface area (TPSA) is 58.6 Å². The molecule has 0 heterocycles. The number of methoxy groups -OCH3 is 1. The molecule has 28 heavy (non-hydrogen) atoms. The van der Waals surface area contributed by atoms with Gasteiger partial charge in [0.05, 0.1) is 13.7 Å². The zero-order chi connectivity index (χ0) is 20.1.